The highest BCUT2D eigenvalue weighted by atomic mass is 19.1. The van der Waals surface area contributed by atoms with E-state index in [-0.39, 0.29) is 37.1 Å². The number of hydrogen-bond acceptors (Lipinski definition) is 5. The molecule has 0 saturated carbocycles. The molecule has 1 unspecified atom stereocenters. The van der Waals surface area contributed by atoms with Gasteiger partial charge in [0.15, 0.2) is 11.6 Å². The molecule has 9 heteroatoms. The van der Waals surface area contributed by atoms with Gasteiger partial charge in [0.2, 0.25) is 11.8 Å². The van der Waals surface area contributed by atoms with Gasteiger partial charge in [0.1, 0.15) is 17.9 Å². The molecule has 0 bridgehead atoms. The molecule has 2 heterocycles. The molecule has 1 aliphatic heterocycles. The van der Waals surface area contributed by atoms with Crippen LogP contribution in [-0.4, -0.2) is 51.8 Å². The minimum Gasteiger partial charge on any atom is -0.490 e. The molecule has 1 N–H and O–H groups in total. The molecule has 0 spiro atoms. The third-order valence-corrected chi connectivity index (χ3v) is 6.03. The Hall–Kier alpha value is -3.88. The average Bonchev–Trinajstić information content (AvgIpc) is 3.28. The highest BCUT2D eigenvalue weighted by Gasteiger charge is 2.35. The Labute approximate surface area is 210 Å². The molecule has 2 amide bonds. The van der Waals surface area contributed by atoms with Crippen LogP contribution in [-0.2, 0) is 16.1 Å². The number of benzene rings is 2. The van der Waals surface area contributed by atoms with E-state index in [1.165, 1.54) is 28.6 Å². The number of para-hydroxylation sites is 1. The molecule has 3 aromatic rings. The number of halogens is 1. The van der Waals surface area contributed by atoms with Crippen molar-refractivity contribution in [2.45, 2.75) is 45.3 Å². The fraction of sp³-hybridized carbons (Fsp3) is 0.370. The number of amides is 2. The number of hydrogen-bond donors (Lipinski definition) is 1. The number of anilines is 1. The summed E-state index contributed by atoms with van der Waals surface area (Å²) >= 11 is 0. The van der Waals surface area contributed by atoms with E-state index in [0.717, 1.165) is 18.6 Å². The number of rotatable bonds is 9. The van der Waals surface area contributed by atoms with Crippen LogP contribution in [0.25, 0.3) is 0 Å². The second-order valence-electron chi connectivity index (χ2n) is 9.29. The Morgan fingerprint density at radius 3 is 2.72 bits per heavy atom. The van der Waals surface area contributed by atoms with Crippen molar-refractivity contribution in [1.82, 2.24) is 14.7 Å². The van der Waals surface area contributed by atoms with E-state index in [1.54, 1.807) is 23.2 Å². The van der Waals surface area contributed by atoms with Gasteiger partial charge in [-0.3, -0.25) is 14.3 Å². The molecule has 8 nitrogen and oxygen atoms in total. The van der Waals surface area contributed by atoms with Gasteiger partial charge in [0, 0.05) is 12.7 Å². The Balaban J connectivity index is 1.25. The summed E-state index contributed by atoms with van der Waals surface area (Å²) < 4.78 is 26.6. The molecule has 4 rings (SSSR count). The van der Waals surface area contributed by atoms with Crippen molar-refractivity contribution < 1.29 is 23.5 Å². The van der Waals surface area contributed by atoms with Crippen molar-refractivity contribution in [2.75, 3.05) is 25.0 Å². The molecule has 1 atom stereocenters. The Bertz CT molecular complexity index is 1200. The quantitative estimate of drug-likeness (QED) is 0.482. The van der Waals surface area contributed by atoms with E-state index in [0.29, 0.717) is 18.8 Å². The first-order valence-corrected chi connectivity index (χ1v) is 12.0. The lowest BCUT2D eigenvalue weighted by molar-refractivity contribution is -0.137. The van der Waals surface area contributed by atoms with Crippen LogP contribution in [0.2, 0.25) is 0 Å². The van der Waals surface area contributed by atoms with Crippen LogP contribution in [0.15, 0.2) is 60.9 Å². The van der Waals surface area contributed by atoms with Crippen molar-refractivity contribution in [3.63, 3.8) is 0 Å². The molecule has 2 aromatic carbocycles. The van der Waals surface area contributed by atoms with Crippen LogP contribution >= 0.6 is 0 Å². The van der Waals surface area contributed by atoms with Gasteiger partial charge in [-0.25, -0.2) is 4.39 Å². The second-order valence-corrected chi connectivity index (χ2v) is 9.29. The number of aromatic nitrogens is 2. The molecule has 1 aliphatic rings. The zero-order valence-corrected chi connectivity index (χ0v) is 20.6. The summed E-state index contributed by atoms with van der Waals surface area (Å²) in [6.45, 7) is 5.32. The minimum absolute atomic E-state index is 0.0395. The lowest BCUT2D eigenvalue weighted by Gasteiger charge is -2.40. The minimum atomic E-state index is -0.473. The molecule has 1 saturated heterocycles. The summed E-state index contributed by atoms with van der Waals surface area (Å²) in [6, 6.07) is 14.0. The topological polar surface area (TPSA) is 85.7 Å². The average molecular weight is 495 g/mol. The summed E-state index contributed by atoms with van der Waals surface area (Å²) in [7, 11) is 0. The van der Waals surface area contributed by atoms with Crippen molar-refractivity contribution in [1.29, 1.82) is 0 Å². The number of carbonyl (C=O) groups is 2. The van der Waals surface area contributed by atoms with Crippen LogP contribution in [0.3, 0.4) is 0 Å². The third-order valence-electron chi connectivity index (χ3n) is 6.03. The first kappa shape index (κ1) is 25.2. The second kappa shape index (κ2) is 11.2. The fourth-order valence-electron chi connectivity index (χ4n) is 4.18. The predicted octanol–water partition coefficient (Wildman–Crippen LogP) is 4.20. The summed E-state index contributed by atoms with van der Waals surface area (Å²) in [5.41, 5.74) is 1.18. The van der Waals surface area contributed by atoms with Gasteiger partial charge in [-0.1, -0.05) is 29.8 Å². The zero-order chi connectivity index (χ0) is 25.5. The van der Waals surface area contributed by atoms with Gasteiger partial charge in [-0.2, -0.15) is 5.10 Å². The van der Waals surface area contributed by atoms with Crippen LogP contribution in [0.5, 0.6) is 11.5 Å². The van der Waals surface area contributed by atoms with Gasteiger partial charge < -0.3 is 19.7 Å². The third kappa shape index (κ3) is 6.84. The number of nitrogens with zero attached hydrogens (tertiary/aromatic N) is 3. The van der Waals surface area contributed by atoms with E-state index in [4.69, 9.17) is 9.47 Å². The Kier molecular flexibility index (Phi) is 7.87. The Morgan fingerprint density at radius 2 is 1.94 bits per heavy atom. The van der Waals surface area contributed by atoms with Crippen LogP contribution < -0.4 is 14.8 Å². The van der Waals surface area contributed by atoms with E-state index in [1.807, 2.05) is 38.1 Å². The zero-order valence-electron chi connectivity index (χ0n) is 20.6. The SMILES string of the molecule is Cc1ccc(OC2(C)CCCN(C(=O)Cn3cc(NC(=O)CCOc4ccccc4F)cn3)C2)cc1. The number of aryl methyl sites for hydroxylation is 1. The van der Waals surface area contributed by atoms with Gasteiger partial charge in [0.05, 0.1) is 31.5 Å². The maximum atomic E-state index is 13.6. The van der Waals surface area contributed by atoms with Crippen molar-refractivity contribution in [3.05, 3.63) is 72.3 Å². The summed E-state index contributed by atoms with van der Waals surface area (Å²) in [5.74, 6) is 0.0726. The summed E-state index contributed by atoms with van der Waals surface area (Å²) in [5, 5.41) is 6.92. The molecular weight excluding hydrogens is 463 g/mol. The maximum absolute atomic E-state index is 13.6. The number of ether oxygens (including phenoxy) is 2. The molecule has 0 aliphatic carbocycles. The maximum Gasteiger partial charge on any atom is 0.244 e. The first-order chi connectivity index (χ1) is 17.3. The highest BCUT2D eigenvalue weighted by molar-refractivity contribution is 5.90. The smallest absolute Gasteiger partial charge is 0.244 e. The van der Waals surface area contributed by atoms with E-state index >= 15 is 0 Å². The fourth-order valence-corrected chi connectivity index (χ4v) is 4.18. The number of carbonyl (C=O) groups excluding carboxylic acids is 2. The lowest BCUT2D eigenvalue weighted by Crippen LogP contribution is -2.52. The highest BCUT2D eigenvalue weighted by Crippen LogP contribution is 2.28. The first-order valence-electron chi connectivity index (χ1n) is 12.0. The monoisotopic (exact) mass is 494 g/mol. The normalized spacial score (nSPS) is 17.5. The van der Waals surface area contributed by atoms with Gasteiger partial charge in [-0.15, -0.1) is 0 Å². The van der Waals surface area contributed by atoms with E-state index < -0.39 is 11.4 Å². The van der Waals surface area contributed by atoms with E-state index in [2.05, 4.69) is 10.4 Å². The predicted molar refractivity (Wildman–Crippen MR) is 133 cm³/mol. The Morgan fingerprint density at radius 1 is 1.17 bits per heavy atom. The molecule has 36 heavy (non-hydrogen) atoms. The van der Waals surface area contributed by atoms with Gasteiger partial charge >= 0.3 is 0 Å². The van der Waals surface area contributed by atoms with Crippen LogP contribution in [0, 0.1) is 12.7 Å². The lowest BCUT2D eigenvalue weighted by atomic mass is 9.94. The number of piperidine rings is 1. The van der Waals surface area contributed by atoms with E-state index in [9.17, 15) is 14.0 Å². The summed E-state index contributed by atoms with van der Waals surface area (Å²) in [6.07, 6.45) is 4.86. The molecule has 1 fully saturated rings. The number of nitrogens with one attached hydrogen (secondary N) is 1. The standard InChI is InChI=1S/C27H31FN4O4/c1-20-8-10-22(11-9-20)36-27(2)13-5-14-31(19-27)26(34)18-32-17-21(16-29-32)30-25(33)12-15-35-24-7-4-3-6-23(24)28/h3-4,6-11,16-17H,5,12-15,18-19H2,1-2H3,(H,30,33). The summed E-state index contributed by atoms with van der Waals surface area (Å²) in [4.78, 5) is 27.0. The van der Waals surface area contributed by atoms with Crippen molar-refractivity contribution in [2.24, 2.45) is 0 Å². The molecule has 1 aromatic heterocycles. The van der Waals surface area contributed by atoms with Crippen LogP contribution in [0.1, 0.15) is 31.7 Å². The van der Waals surface area contributed by atoms with Crippen molar-refractivity contribution >= 4 is 17.5 Å². The molecular formula is C27H31FN4O4. The molecule has 0 radical (unpaired) electrons. The molecule has 190 valence electrons. The van der Waals surface area contributed by atoms with Gasteiger partial charge in [-0.05, 0) is 51.0 Å². The van der Waals surface area contributed by atoms with Crippen molar-refractivity contribution in [3.8, 4) is 11.5 Å². The van der Waals surface area contributed by atoms with Gasteiger partial charge in [0.25, 0.3) is 0 Å². The largest absolute Gasteiger partial charge is 0.490 e. The number of likely N-dealkylation sites (tertiary alicyclic amines) is 1. The van der Waals surface area contributed by atoms with Crippen LogP contribution in [0.4, 0.5) is 10.1 Å².